The molecule has 25 heavy (non-hydrogen) atoms. The molecule has 0 fully saturated rings. The maximum atomic E-state index is 12.3. The van der Waals surface area contributed by atoms with Gasteiger partial charge in [-0.25, -0.2) is 0 Å². The molecule has 134 valence electrons. The van der Waals surface area contributed by atoms with Gasteiger partial charge < -0.3 is 15.4 Å². The molecule has 0 aromatic carbocycles. The fourth-order valence-electron chi connectivity index (χ4n) is 2.86. The second kappa shape index (κ2) is 7.47. The fourth-order valence-corrected chi connectivity index (χ4v) is 2.86. The number of hydrogen-bond acceptors (Lipinski definition) is 5. The van der Waals surface area contributed by atoms with Crippen LogP contribution < -0.4 is 10.6 Å². The van der Waals surface area contributed by atoms with Gasteiger partial charge in [-0.3, -0.25) is 19.0 Å². The highest BCUT2D eigenvalue weighted by Gasteiger charge is 2.29. The van der Waals surface area contributed by atoms with E-state index in [1.165, 1.54) is 0 Å². The molecule has 2 N–H and O–H groups in total. The molecule has 9 nitrogen and oxygen atoms in total. The van der Waals surface area contributed by atoms with Crippen molar-refractivity contribution in [3.05, 3.63) is 35.4 Å². The molecule has 3 rings (SSSR count). The smallest absolute Gasteiger partial charge is 0.254 e. The third-order valence-corrected chi connectivity index (χ3v) is 4.17. The van der Waals surface area contributed by atoms with E-state index < -0.39 is 0 Å². The molecule has 1 aliphatic rings. The quantitative estimate of drug-likeness (QED) is 0.678. The van der Waals surface area contributed by atoms with Crippen LogP contribution in [-0.2, 0) is 24.2 Å². The van der Waals surface area contributed by atoms with Crippen LogP contribution in [0.2, 0.25) is 0 Å². The number of fused-ring (bicyclic) bond motifs is 1. The van der Waals surface area contributed by atoms with Crippen molar-refractivity contribution < 1.29 is 14.3 Å². The van der Waals surface area contributed by atoms with Gasteiger partial charge in [0.2, 0.25) is 0 Å². The first-order valence-electron chi connectivity index (χ1n) is 8.27. The number of ether oxygens (including phenoxy) is 1. The zero-order chi connectivity index (χ0) is 17.8. The maximum Gasteiger partial charge on any atom is 0.254 e. The second-order valence-electron chi connectivity index (χ2n) is 5.89. The monoisotopic (exact) mass is 346 g/mol. The Morgan fingerprint density at radius 1 is 1.32 bits per heavy atom. The van der Waals surface area contributed by atoms with Crippen LogP contribution in [-0.4, -0.2) is 57.7 Å². The zero-order valence-corrected chi connectivity index (χ0v) is 14.4. The molecule has 0 bridgehead atoms. The molecule has 0 aliphatic carbocycles. The number of methoxy groups -OCH3 is 1. The SMILES string of the molecule is CCn1cc(C(=O)N[C@H]2Cc3c(C(=O)NCCOC)cnn3C2)cn1. The standard InChI is InChI=1S/C16H22N6O3/c1-3-21-9-11(7-18-21)15(23)20-12-6-14-13(8-19-22(14)10-12)16(24)17-4-5-25-2/h7-9,12H,3-6,10H2,1-2H3,(H,17,24)(H,20,23)/t12-/m0/s1. The fraction of sp³-hybridized carbons (Fsp3) is 0.500. The third kappa shape index (κ3) is 3.71. The molecule has 0 radical (unpaired) electrons. The van der Waals surface area contributed by atoms with Crippen LogP contribution in [0.25, 0.3) is 0 Å². The second-order valence-corrected chi connectivity index (χ2v) is 5.89. The van der Waals surface area contributed by atoms with Gasteiger partial charge in [0.05, 0.1) is 48.4 Å². The molecule has 0 saturated carbocycles. The van der Waals surface area contributed by atoms with Crippen LogP contribution in [0, 0.1) is 0 Å². The van der Waals surface area contributed by atoms with Gasteiger partial charge in [0.1, 0.15) is 0 Å². The van der Waals surface area contributed by atoms with Gasteiger partial charge in [-0.15, -0.1) is 0 Å². The minimum Gasteiger partial charge on any atom is -0.383 e. The van der Waals surface area contributed by atoms with Gasteiger partial charge >= 0.3 is 0 Å². The predicted octanol–water partition coefficient (Wildman–Crippen LogP) is -0.170. The van der Waals surface area contributed by atoms with E-state index in [4.69, 9.17) is 4.74 Å². The van der Waals surface area contributed by atoms with E-state index in [-0.39, 0.29) is 17.9 Å². The van der Waals surface area contributed by atoms with Crippen molar-refractivity contribution in [3.63, 3.8) is 0 Å². The van der Waals surface area contributed by atoms with Crippen molar-refractivity contribution in [2.75, 3.05) is 20.3 Å². The molecule has 0 spiro atoms. The van der Waals surface area contributed by atoms with Crippen LogP contribution in [0.1, 0.15) is 33.3 Å². The average Bonchev–Trinajstić information content (AvgIpc) is 3.29. The lowest BCUT2D eigenvalue weighted by Gasteiger charge is -2.10. The Bertz CT molecular complexity index is 766. The molecular formula is C16H22N6O3. The topological polar surface area (TPSA) is 103 Å². The highest BCUT2D eigenvalue weighted by atomic mass is 16.5. The van der Waals surface area contributed by atoms with Gasteiger partial charge in [-0.05, 0) is 6.92 Å². The van der Waals surface area contributed by atoms with Crippen LogP contribution >= 0.6 is 0 Å². The summed E-state index contributed by atoms with van der Waals surface area (Å²) in [6.07, 6.45) is 5.42. The third-order valence-electron chi connectivity index (χ3n) is 4.17. The largest absolute Gasteiger partial charge is 0.383 e. The molecule has 2 amide bonds. The summed E-state index contributed by atoms with van der Waals surface area (Å²) in [4.78, 5) is 24.5. The molecule has 0 saturated heterocycles. The molecule has 3 heterocycles. The van der Waals surface area contributed by atoms with Gasteiger partial charge in [0.25, 0.3) is 11.8 Å². The van der Waals surface area contributed by atoms with Crippen molar-refractivity contribution in [3.8, 4) is 0 Å². The lowest BCUT2D eigenvalue weighted by Crippen LogP contribution is -2.36. The molecule has 1 aliphatic heterocycles. The minimum atomic E-state index is -0.172. The zero-order valence-electron chi connectivity index (χ0n) is 14.4. The maximum absolute atomic E-state index is 12.3. The van der Waals surface area contributed by atoms with E-state index in [1.807, 2.05) is 6.92 Å². The molecule has 0 unspecified atom stereocenters. The van der Waals surface area contributed by atoms with Crippen molar-refractivity contribution in [2.45, 2.75) is 32.5 Å². The van der Waals surface area contributed by atoms with Gasteiger partial charge in [0.15, 0.2) is 0 Å². The molecule has 2 aromatic rings. The van der Waals surface area contributed by atoms with E-state index in [2.05, 4.69) is 20.8 Å². The summed E-state index contributed by atoms with van der Waals surface area (Å²) >= 11 is 0. The number of rotatable bonds is 7. The van der Waals surface area contributed by atoms with E-state index >= 15 is 0 Å². The number of hydrogen-bond donors (Lipinski definition) is 2. The number of amides is 2. The van der Waals surface area contributed by atoms with Crippen LogP contribution in [0.15, 0.2) is 18.6 Å². The molecule has 9 heteroatoms. The summed E-state index contributed by atoms with van der Waals surface area (Å²) in [6, 6.07) is -0.0910. The van der Waals surface area contributed by atoms with Gasteiger partial charge in [-0.1, -0.05) is 0 Å². The highest BCUT2D eigenvalue weighted by Crippen LogP contribution is 2.19. The lowest BCUT2D eigenvalue weighted by molar-refractivity contribution is 0.0931. The number of aromatic nitrogens is 4. The van der Waals surface area contributed by atoms with Crippen molar-refractivity contribution >= 4 is 11.8 Å². The Morgan fingerprint density at radius 3 is 2.88 bits per heavy atom. The Morgan fingerprint density at radius 2 is 2.16 bits per heavy atom. The Labute approximate surface area is 145 Å². The van der Waals surface area contributed by atoms with E-state index in [9.17, 15) is 9.59 Å². The summed E-state index contributed by atoms with van der Waals surface area (Å²) in [5.74, 6) is -0.337. The van der Waals surface area contributed by atoms with Crippen molar-refractivity contribution in [1.29, 1.82) is 0 Å². The lowest BCUT2D eigenvalue weighted by atomic mass is 10.1. The van der Waals surface area contributed by atoms with E-state index in [0.29, 0.717) is 43.8 Å². The number of aryl methyl sites for hydroxylation is 1. The van der Waals surface area contributed by atoms with Crippen molar-refractivity contribution in [2.24, 2.45) is 0 Å². The summed E-state index contributed by atoms with van der Waals surface area (Å²) in [7, 11) is 1.58. The normalized spacial score (nSPS) is 15.8. The molecule has 2 aromatic heterocycles. The molecule has 1 atom stereocenters. The number of carbonyl (C=O) groups excluding carboxylic acids is 2. The predicted molar refractivity (Wildman–Crippen MR) is 89.3 cm³/mol. The highest BCUT2D eigenvalue weighted by molar-refractivity contribution is 5.95. The first kappa shape index (κ1) is 17.2. The number of nitrogens with one attached hydrogen (secondary N) is 2. The van der Waals surface area contributed by atoms with Gasteiger partial charge in [0, 0.05) is 32.8 Å². The summed E-state index contributed by atoms with van der Waals surface area (Å²) in [6.45, 7) is 4.13. The average molecular weight is 346 g/mol. The Balaban J connectivity index is 1.60. The Kier molecular flexibility index (Phi) is 5.13. The summed E-state index contributed by atoms with van der Waals surface area (Å²) in [5, 5.41) is 14.1. The van der Waals surface area contributed by atoms with Crippen LogP contribution in [0.4, 0.5) is 0 Å². The molecular weight excluding hydrogens is 324 g/mol. The summed E-state index contributed by atoms with van der Waals surface area (Å²) in [5.41, 5.74) is 1.92. The van der Waals surface area contributed by atoms with E-state index in [0.717, 1.165) is 5.69 Å². The van der Waals surface area contributed by atoms with E-state index in [1.54, 1.807) is 35.1 Å². The summed E-state index contributed by atoms with van der Waals surface area (Å²) < 4.78 is 8.40. The first-order chi connectivity index (χ1) is 12.1. The minimum absolute atomic E-state index is 0.0910. The van der Waals surface area contributed by atoms with Gasteiger partial charge in [-0.2, -0.15) is 10.2 Å². The van der Waals surface area contributed by atoms with Crippen molar-refractivity contribution in [1.82, 2.24) is 30.2 Å². The number of nitrogens with zero attached hydrogens (tertiary/aromatic N) is 4. The number of carbonyl (C=O) groups is 2. The van der Waals surface area contributed by atoms with Crippen LogP contribution in [0.5, 0.6) is 0 Å². The van der Waals surface area contributed by atoms with Crippen LogP contribution in [0.3, 0.4) is 0 Å². The first-order valence-corrected chi connectivity index (χ1v) is 8.27. The Hall–Kier alpha value is -2.68.